The summed E-state index contributed by atoms with van der Waals surface area (Å²) in [5.41, 5.74) is 9.09. The van der Waals surface area contributed by atoms with Crippen molar-refractivity contribution in [2.24, 2.45) is 7.05 Å². The number of nitrogens with zero attached hydrogens (tertiary/aromatic N) is 6. The lowest BCUT2D eigenvalue weighted by molar-refractivity contribution is -0.744. The lowest BCUT2D eigenvalue weighted by Crippen LogP contribution is -2.44. The topological polar surface area (TPSA) is 413 Å². The number of imidazole rings is 2. The number of halogens is 1. The monoisotopic (exact) mass is 804 g/mol. The minimum Gasteiger partial charge on any atom is -0.631 e. The highest BCUT2D eigenvalue weighted by Gasteiger charge is 2.52. The standard InChI is InChI=1S/C21H28FN10O17P3/c1-30-5-32(15-10(30)17(37)29-21(24)27-15)18-8(22)11(33)6(46-18)2-44-50(38,39)48-52(42,43)49-51(40,41)45-3-7-12(34)13(35)19(47-7)31-4-25-9-14(31)26-20(23)28-16(9)36/h4-8,11-13,18-19,33-35H,2-3H2,1H3,(H8-,23,24,26,27,28,29,36,37,38,39,40,41,42,43)/t6-,7-,8-,11-,12-,13-,18-,19-/m1/s1. The third-order valence-electron chi connectivity index (χ3n) is 7.63. The van der Waals surface area contributed by atoms with E-state index in [1.807, 2.05) is 0 Å². The summed E-state index contributed by atoms with van der Waals surface area (Å²) >= 11 is 0. The molecule has 6 heterocycles. The van der Waals surface area contributed by atoms with E-state index in [0.29, 0.717) is 0 Å². The van der Waals surface area contributed by atoms with Crippen LogP contribution >= 0.6 is 24.2 Å². The van der Waals surface area contributed by atoms with Crippen molar-refractivity contribution in [3.8, 4) is 0 Å². The maximum Gasteiger partial charge on any atom is 0.508 e. The molecule has 2 unspecified atom stereocenters. The molecule has 11 N–H and O–H groups in total. The molecule has 2 aliphatic heterocycles. The molecule has 2 fully saturated rings. The van der Waals surface area contributed by atoms with Gasteiger partial charge in [0, 0.05) is 0 Å². The van der Waals surface area contributed by atoms with Gasteiger partial charge in [-0.05, 0) is 4.31 Å². The summed E-state index contributed by atoms with van der Waals surface area (Å²) < 4.78 is 58.5. The fourth-order valence-corrected chi connectivity index (χ4v) is 8.85. The highest BCUT2D eigenvalue weighted by molar-refractivity contribution is 7.70. The lowest BCUT2D eigenvalue weighted by Gasteiger charge is -2.32. The van der Waals surface area contributed by atoms with Crippen molar-refractivity contribution >= 4 is 58.4 Å². The summed E-state index contributed by atoms with van der Waals surface area (Å²) in [4.78, 5) is 97.3. The van der Waals surface area contributed by atoms with Crippen LogP contribution in [0.3, 0.4) is 0 Å². The first-order chi connectivity index (χ1) is 24.2. The van der Waals surface area contributed by atoms with Crippen molar-refractivity contribution in [2.45, 2.75) is 49.1 Å². The highest BCUT2D eigenvalue weighted by atomic mass is 31.3. The molecule has 31 heteroatoms. The number of rotatable bonds is 12. The summed E-state index contributed by atoms with van der Waals surface area (Å²) in [5.74, 6) is -0.647. The number of hydrogen-bond acceptors (Lipinski definition) is 21. The predicted octanol–water partition coefficient (Wildman–Crippen LogP) is -6.34. The van der Waals surface area contributed by atoms with Crippen LogP contribution in [0.5, 0.6) is 0 Å². The SMILES string of the molecule is Cn1c[n+]([C@@H]2O[C@H](CO[P+]([O-])(O)O[P+]([O-])([O-])OP(=O)(O)OC[C@H]3O[C@@H](n4cnc5c(=O)[nH]c(N)nc54)[C@H](O)[C@@H]3O)[C@@H](O)[C@H]2F)c2nc(N)[nH]c(=O)c21. The van der Waals surface area contributed by atoms with Crippen LogP contribution in [0.2, 0.25) is 0 Å². The van der Waals surface area contributed by atoms with Gasteiger partial charge in [-0.2, -0.15) is 14.4 Å². The molecule has 0 aromatic carbocycles. The van der Waals surface area contributed by atoms with Crippen LogP contribution < -0.4 is 41.8 Å². The van der Waals surface area contributed by atoms with E-state index in [-0.39, 0.29) is 34.2 Å². The second kappa shape index (κ2) is 13.9. The third-order valence-corrected chi connectivity index (χ3v) is 11.8. The van der Waals surface area contributed by atoms with Crippen molar-refractivity contribution < 1.29 is 80.5 Å². The van der Waals surface area contributed by atoms with E-state index in [2.05, 4.69) is 42.6 Å². The normalized spacial score (nSPS) is 29.2. The van der Waals surface area contributed by atoms with Crippen LogP contribution in [-0.4, -0.2) is 109 Å². The number of phosphoric acid groups is 3. The molecule has 2 aliphatic rings. The number of aliphatic hydroxyl groups excluding tert-OH is 3. The Kier molecular flexibility index (Phi) is 10.3. The molecule has 0 radical (unpaired) electrons. The van der Waals surface area contributed by atoms with E-state index in [1.54, 1.807) is 0 Å². The third kappa shape index (κ3) is 7.57. The first-order valence-electron chi connectivity index (χ1n) is 14.3. The number of nitrogens with two attached hydrogens (primary N) is 2. The smallest absolute Gasteiger partial charge is 0.508 e. The number of aliphatic hydroxyl groups is 3. The lowest BCUT2D eigenvalue weighted by atomic mass is 10.1. The zero-order chi connectivity index (χ0) is 38.1. The van der Waals surface area contributed by atoms with Gasteiger partial charge in [-0.1, -0.05) is 4.98 Å². The number of aromatic amines is 2. The number of nitrogen functional groups attached to an aromatic ring is 2. The van der Waals surface area contributed by atoms with Crippen molar-refractivity contribution in [2.75, 3.05) is 24.7 Å². The number of fused-ring (bicyclic) bond motifs is 2. The van der Waals surface area contributed by atoms with Gasteiger partial charge in [0.2, 0.25) is 17.7 Å². The number of aromatic nitrogens is 8. The fraction of sp³-hybridized carbons (Fsp3) is 0.524. The largest absolute Gasteiger partial charge is 0.631 e. The number of anilines is 2. The van der Waals surface area contributed by atoms with Gasteiger partial charge in [0.25, 0.3) is 25.2 Å². The zero-order valence-electron chi connectivity index (χ0n) is 25.9. The number of nitrogens with one attached hydrogen (secondary N) is 2. The van der Waals surface area contributed by atoms with E-state index in [0.717, 1.165) is 15.5 Å². The molecule has 0 saturated carbocycles. The molecule has 0 aliphatic carbocycles. The molecule has 4 aromatic rings. The number of aryl methyl sites for hydroxylation is 1. The average molecular weight is 804 g/mol. The van der Waals surface area contributed by atoms with Gasteiger partial charge in [-0.15, -0.1) is 4.31 Å². The molecule has 0 bridgehead atoms. The second-order valence-electron chi connectivity index (χ2n) is 11.2. The predicted molar refractivity (Wildman–Crippen MR) is 159 cm³/mol. The van der Waals surface area contributed by atoms with Crippen molar-refractivity contribution in [3.05, 3.63) is 33.4 Å². The molecule has 0 amide bonds. The fourth-order valence-electron chi connectivity index (χ4n) is 5.40. The Balaban J connectivity index is 1.04. The van der Waals surface area contributed by atoms with E-state index < -0.39 is 97.6 Å². The number of ether oxygens (including phenoxy) is 2. The zero-order valence-corrected chi connectivity index (χ0v) is 28.6. The van der Waals surface area contributed by atoms with Crippen LogP contribution in [0.25, 0.3) is 22.3 Å². The first-order valence-corrected chi connectivity index (χ1v) is 18.8. The quantitative estimate of drug-likeness (QED) is 0.0475. The van der Waals surface area contributed by atoms with Crippen LogP contribution in [0, 0.1) is 0 Å². The van der Waals surface area contributed by atoms with E-state index in [1.165, 1.54) is 17.9 Å². The van der Waals surface area contributed by atoms with Crippen LogP contribution in [-0.2, 0) is 38.8 Å². The van der Waals surface area contributed by atoms with Crippen LogP contribution in [0.15, 0.2) is 22.2 Å². The number of alkyl halides is 1. The molecular weight excluding hydrogens is 776 g/mol. The Morgan fingerprint density at radius 2 is 1.71 bits per heavy atom. The second-order valence-corrected chi connectivity index (χ2v) is 15.8. The molecule has 286 valence electrons. The summed E-state index contributed by atoms with van der Waals surface area (Å²) in [6.45, 7) is -2.32. The average Bonchev–Trinajstić information content (AvgIpc) is 3.74. The summed E-state index contributed by atoms with van der Waals surface area (Å²) in [6, 6.07) is 0. The minimum absolute atomic E-state index is 0.0527. The van der Waals surface area contributed by atoms with Gasteiger partial charge in [0.15, 0.2) is 29.9 Å². The molecule has 2 saturated heterocycles. The first kappa shape index (κ1) is 38.5. The van der Waals surface area contributed by atoms with E-state index >= 15 is 4.39 Å². The van der Waals surface area contributed by atoms with Crippen molar-refractivity contribution in [1.29, 1.82) is 0 Å². The van der Waals surface area contributed by atoms with Gasteiger partial charge >= 0.3 is 21.6 Å². The number of phosphoric ester groups is 2. The summed E-state index contributed by atoms with van der Waals surface area (Å²) in [7, 11) is -16.4. The molecule has 0 spiro atoms. The Bertz CT molecular complexity index is 2150. The van der Waals surface area contributed by atoms with Gasteiger partial charge in [-0.25, -0.2) is 18.5 Å². The van der Waals surface area contributed by atoms with E-state index in [9.17, 15) is 53.9 Å². The van der Waals surface area contributed by atoms with Crippen LogP contribution in [0.1, 0.15) is 12.5 Å². The summed E-state index contributed by atoms with van der Waals surface area (Å²) in [5, 5.41) is 31.3. The number of H-pyrrole nitrogens is 2. The Morgan fingerprint density at radius 3 is 2.42 bits per heavy atom. The Hall–Kier alpha value is -3.24. The van der Waals surface area contributed by atoms with Gasteiger partial charge < -0.3 is 55.8 Å². The maximum atomic E-state index is 15.1. The van der Waals surface area contributed by atoms with Gasteiger partial charge in [0.05, 0.1) is 20.0 Å². The molecule has 6 rings (SSSR count). The summed E-state index contributed by atoms with van der Waals surface area (Å²) in [6.07, 6.45) is -12.3. The van der Waals surface area contributed by atoms with Gasteiger partial charge in [-0.3, -0.25) is 33.2 Å². The highest BCUT2D eigenvalue weighted by Crippen LogP contribution is 2.69. The Labute approximate surface area is 287 Å². The maximum absolute atomic E-state index is 15.1. The Morgan fingerprint density at radius 1 is 1.06 bits per heavy atom. The molecule has 10 atom stereocenters. The number of hydrogen-bond donors (Lipinski definition) is 9. The molecule has 52 heavy (non-hydrogen) atoms. The van der Waals surface area contributed by atoms with E-state index in [4.69, 9.17) is 20.9 Å². The molecular formula is C21H28FN10O17P3. The van der Waals surface area contributed by atoms with Crippen LogP contribution in [0.4, 0.5) is 16.3 Å². The molecule has 4 aromatic heterocycles. The van der Waals surface area contributed by atoms with Crippen molar-refractivity contribution in [3.63, 3.8) is 0 Å². The van der Waals surface area contributed by atoms with Crippen molar-refractivity contribution in [1.82, 2.24) is 34.1 Å². The molecule has 27 nitrogen and oxygen atoms in total. The van der Waals surface area contributed by atoms with Gasteiger partial charge in [0.1, 0.15) is 37.1 Å². The minimum atomic E-state index is -6.28.